The van der Waals surface area contributed by atoms with Gasteiger partial charge in [-0.2, -0.15) is 0 Å². The van der Waals surface area contributed by atoms with Gasteiger partial charge in [-0.15, -0.1) is 70.8 Å². The molecule has 5 heteroatoms. The third-order valence-corrected chi connectivity index (χ3v) is 10.1. The van der Waals surface area contributed by atoms with Crippen molar-refractivity contribution in [3.8, 4) is 33.9 Å². The van der Waals surface area contributed by atoms with Gasteiger partial charge in [-0.05, 0) is 74.2 Å². The summed E-state index contributed by atoms with van der Waals surface area (Å²) < 4.78 is 4.66. The van der Waals surface area contributed by atoms with E-state index in [4.69, 9.17) is 9.97 Å². The molecule has 0 saturated heterocycles. The zero-order chi connectivity index (χ0) is 33.3. The first-order valence-electron chi connectivity index (χ1n) is 17.2. The average molecular weight is 828 g/mol. The van der Waals surface area contributed by atoms with Crippen molar-refractivity contribution in [1.29, 1.82) is 0 Å². The molecule has 50 heavy (non-hydrogen) atoms. The molecule has 4 nitrogen and oxygen atoms in total. The van der Waals surface area contributed by atoms with E-state index in [2.05, 4.69) is 182 Å². The van der Waals surface area contributed by atoms with Crippen LogP contribution in [0.25, 0.3) is 56.0 Å². The minimum Gasteiger partial charge on any atom is -0.362 e. The van der Waals surface area contributed by atoms with Crippen molar-refractivity contribution >= 4 is 22.1 Å². The van der Waals surface area contributed by atoms with Crippen LogP contribution in [0.3, 0.4) is 0 Å². The van der Waals surface area contributed by atoms with Crippen LogP contribution in [0, 0.1) is 12.1 Å². The summed E-state index contributed by atoms with van der Waals surface area (Å²) in [6.07, 6.45) is 0. The van der Waals surface area contributed by atoms with Crippen molar-refractivity contribution in [2.24, 2.45) is 0 Å². The average Bonchev–Trinajstić information content (AvgIpc) is 3.81. The van der Waals surface area contributed by atoms with E-state index in [0.29, 0.717) is 0 Å². The van der Waals surface area contributed by atoms with Gasteiger partial charge in [-0.3, -0.25) is 9.97 Å². The molecular formula is C45H36N4Pt. The van der Waals surface area contributed by atoms with E-state index in [-0.39, 0.29) is 33.1 Å². The number of hydrogen-bond acceptors (Lipinski definition) is 2. The molecule has 0 aliphatic heterocycles. The molecule has 1 aliphatic carbocycles. The summed E-state index contributed by atoms with van der Waals surface area (Å²) in [4.78, 5) is 10.3. The van der Waals surface area contributed by atoms with E-state index in [1.165, 1.54) is 22.3 Å². The maximum atomic E-state index is 5.17. The van der Waals surface area contributed by atoms with E-state index < -0.39 is 5.41 Å². The van der Waals surface area contributed by atoms with E-state index >= 15 is 0 Å². The van der Waals surface area contributed by atoms with E-state index in [0.717, 1.165) is 56.0 Å². The summed E-state index contributed by atoms with van der Waals surface area (Å²) >= 11 is 0. The van der Waals surface area contributed by atoms with Crippen LogP contribution in [0.15, 0.2) is 133 Å². The second-order valence-corrected chi connectivity index (χ2v) is 13.6. The Morgan fingerprint density at radius 2 is 0.880 bits per heavy atom. The normalized spacial score (nSPS) is 13.2. The van der Waals surface area contributed by atoms with Crippen LogP contribution in [0.1, 0.15) is 62.0 Å². The Labute approximate surface area is 307 Å². The first-order valence-corrected chi connectivity index (χ1v) is 17.2. The largest absolute Gasteiger partial charge is 2.00 e. The minimum absolute atomic E-state index is 0. The van der Waals surface area contributed by atoms with Crippen LogP contribution in [0.2, 0.25) is 0 Å². The summed E-state index contributed by atoms with van der Waals surface area (Å²) in [5, 5.41) is 0. The molecule has 1 aliphatic rings. The summed E-state index contributed by atoms with van der Waals surface area (Å²) in [5.41, 5.74) is 12.6. The predicted molar refractivity (Wildman–Crippen MR) is 200 cm³/mol. The number of rotatable bonds is 6. The molecule has 2 heterocycles. The van der Waals surface area contributed by atoms with Crippen LogP contribution in [0.4, 0.5) is 0 Å². The minimum atomic E-state index is -0.664. The molecule has 0 amide bonds. The Kier molecular flexibility index (Phi) is 7.96. The van der Waals surface area contributed by atoms with Gasteiger partial charge < -0.3 is 9.13 Å². The van der Waals surface area contributed by atoms with Crippen LogP contribution in [-0.2, 0) is 26.5 Å². The number of hydrogen-bond donors (Lipinski definition) is 0. The van der Waals surface area contributed by atoms with Crippen molar-refractivity contribution in [3.05, 3.63) is 168 Å². The molecule has 0 radical (unpaired) electrons. The zero-order valence-electron chi connectivity index (χ0n) is 28.5. The molecule has 0 bridgehead atoms. The summed E-state index contributed by atoms with van der Waals surface area (Å²) in [6, 6.07) is 55.9. The number of benzene rings is 6. The van der Waals surface area contributed by atoms with Crippen LogP contribution in [-0.4, -0.2) is 19.1 Å². The first kappa shape index (κ1) is 32.2. The fourth-order valence-corrected chi connectivity index (χ4v) is 8.11. The standard InChI is InChI=1S/C45H36N4.Pt/c1-29(2)48-41-25-11-9-23-39(41)46-43(48)31-15-13-17-33(27-31)45(37-21-7-5-19-35(37)36-20-6-8-22-38(36)45)34-18-14-16-32(28-34)44-47-40-24-10-12-26-42(40)49(44)30(3)4;/h5-26,29-30H,1-4H3;/q-2;+2. The SMILES string of the molecule is CC(C)n1c(-c2[c-]c(C3(c4[c-]c(-c5nc6ccccc6n5C(C)C)ccc4)c4ccccc4-c4ccccc43)ccc2)nc2ccccc21.[Pt+2]. The monoisotopic (exact) mass is 827 g/mol. The van der Waals surface area contributed by atoms with E-state index in [1.54, 1.807) is 0 Å². The molecule has 0 unspecified atom stereocenters. The Balaban J connectivity index is 0.00000361. The van der Waals surface area contributed by atoms with Gasteiger partial charge in [0.15, 0.2) is 0 Å². The van der Waals surface area contributed by atoms with Gasteiger partial charge >= 0.3 is 21.1 Å². The number of para-hydroxylation sites is 4. The topological polar surface area (TPSA) is 35.6 Å². The van der Waals surface area contributed by atoms with Gasteiger partial charge in [0.2, 0.25) is 0 Å². The molecule has 246 valence electrons. The van der Waals surface area contributed by atoms with Crippen LogP contribution < -0.4 is 0 Å². The molecule has 0 spiro atoms. The third-order valence-electron chi connectivity index (χ3n) is 10.1. The Morgan fingerprint density at radius 1 is 0.480 bits per heavy atom. The summed E-state index contributed by atoms with van der Waals surface area (Å²) in [6.45, 7) is 8.88. The van der Waals surface area contributed by atoms with Crippen LogP contribution in [0.5, 0.6) is 0 Å². The van der Waals surface area contributed by atoms with Crippen molar-refractivity contribution in [2.75, 3.05) is 0 Å². The fraction of sp³-hybridized carbons (Fsp3) is 0.156. The van der Waals surface area contributed by atoms with Gasteiger partial charge in [0.25, 0.3) is 0 Å². The van der Waals surface area contributed by atoms with Gasteiger partial charge in [0.1, 0.15) is 0 Å². The molecule has 8 aromatic rings. The molecule has 0 atom stereocenters. The number of nitrogens with zero attached hydrogens (tertiary/aromatic N) is 4. The Bertz CT molecular complexity index is 2360. The van der Waals surface area contributed by atoms with Crippen molar-refractivity contribution in [2.45, 2.75) is 45.2 Å². The van der Waals surface area contributed by atoms with E-state index in [1.807, 2.05) is 0 Å². The molecule has 0 N–H and O–H groups in total. The predicted octanol–water partition coefficient (Wildman–Crippen LogP) is 10.8. The smallest absolute Gasteiger partial charge is 0.362 e. The molecule has 2 aromatic heterocycles. The quantitative estimate of drug-likeness (QED) is 0.157. The number of imidazole rings is 2. The first-order chi connectivity index (χ1) is 24.0. The number of aromatic nitrogens is 4. The second kappa shape index (κ2) is 12.4. The number of fused-ring (bicyclic) bond motifs is 5. The third kappa shape index (κ3) is 4.69. The molecule has 0 fully saturated rings. The summed E-state index contributed by atoms with van der Waals surface area (Å²) in [7, 11) is 0. The van der Waals surface area contributed by atoms with Gasteiger partial charge in [-0.1, -0.05) is 72.8 Å². The fourth-order valence-electron chi connectivity index (χ4n) is 8.11. The van der Waals surface area contributed by atoms with Gasteiger partial charge in [-0.25, -0.2) is 0 Å². The zero-order valence-corrected chi connectivity index (χ0v) is 30.7. The van der Waals surface area contributed by atoms with Crippen molar-refractivity contribution in [3.63, 3.8) is 0 Å². The van der Waals surface area contributed by atoms with E-state index in [9.17, 15) is 0 Å². The molecule has 6 aromatic carbocycles. The van der Waals surface area contributed by atoms with Crippen molar-refractivity contribution in [1.82, 2.24) is 19.1 Å². The molecular weight excluding hydrogens is 792 g/mol. The van der Waals surface area contributed by atoms with Crippen LogP contribution >= 0.6 is 0 Å². The van der Waals surface area contributed by atoms with Gasteiger partial charge in [0, 0.05) is 17.5 Å². The maximum Gasteiger partial charge on any atom is 2.00 e. The van der Waals surface area contributed by atoms with Crippen molar-refractivity contribution < 1.29 is 21.1 Å². The molecule has 0 saturated carbocycles. The molecule has 9 rings (SSSR count). The summed E-state index contributed by atoms with van der Waals surface area (Å²) in [5.74, 6) is 1.85. The van der Waals surface area contributed by atoms with Gasteiger partial charge in [0.05, 0.1) is 33.7 Å². The maximum absolute atomic E-state index is 5.17. The Hall–Kier alpha value is -5.05. The Morgan fingerprint density at radius 3 is 1.32 bits per heavy atom. The second-order valence-electron chi connectivity index (χ2n) is 13.6.